The molecule has 1 aromatic carbocycles. The number of nitrogens with zero attached hydrogens (tertiary/aromatic N) is 2. The zero-order chi connectivity index (χ0) is 12.7. The summed E-state index contributed by atoms with van der Waals surface area (Å²) in [6.07, 6.45) is 2.25. The number of carbonyl (C=O) groups is 1. The van der Waals surface area contributed by atoms with Gasteiger partial charge in [0.2, 0.25) is 0 Å². The summed E-state index contributed by atoms with van der Waals surface area (Å²) in [5, 5.41) is 18.2. The SMILES string of the molecule is O=C(O)c1ccc2nc(C3CC3)n(CCO)c2c1. The third kappa shape index (κ3) is 1.76. The molecule has 0 spiro atoms. The number of hydrogen-bond donors (Lipinski definition) is 2. The van der Waals surface area contributed by atoms with Crippen LogP contribution < -0.4 is 0 Å². The number of fused-ring (bicyclic) bond motifs is 1. The molecule has 0 atom stereocenters. The Balaban J connectivity index is 2.18. The molecule has 1 fully saturated rings. The molecule has 94 valence electrons. The van der Waals surface area contributed by atoms with E-state index in [1.165, 1.54) is 0 Å². The molecule has 18 heavy (non-hydrogen) atoms. The lowest BCUT2D eigenvalue weighted by Crippen LogP contribution is -2.06. The van der Waals surface area contributed by atoms with Gasteiger partial charge in [-0.3, -0.25) is 0 Å². The number of aromatic carboxylic acids is 1. The van der Waals surface area contributed by atoms with Crippen LogP contribution in [0.2, 0.25) is 0 Å². The van der Waals surface area contributed by atoms with Crippen molar-refractivity contribution in [2.24, 2.45) is 0 Å². The van der Waals surface area contributed by atoms with Crippen LogP contribution in [0.5, 0.6) is 0 Å². The van der Waals surface area contributed by atoms with Crippen molar-refractivity contribution in [2.45, 2.75) is 25.3 Å². The summed E-state index contributed by atoms with van der Waals surface area (Å²) in [4.78, 5) is 15.5. The van der Waals surface area contributed by atoms with Crippen molar-refractivity contribution in [1.29, 1.82) is 0 Å². The van der Waals surface area contributed by atoms with E-state index in [2.05, 4.69) is 4.98 Å². The third-order valence-electron chi connectivity index (χ3n) is 3.29. The lowest BCUT2D eigenvalue weighted by molar-refractivity contribution is 0.0697. The molecule has 1 heterocycles. The van der Waals surface area contributed by atoms with E-state index in [9.17, 15) is 4.79 Å². The molecule has 0 saturated heterocycles. The second-order valence-corrected chi connectivity index (χ2v) is 4.63. The molecule has 0 radical (unpaired) electrons. The van der Waals surface area contributed by atoms with Crippen molar-refractivity contribution in [2.75, 3.05) is 6.61 Å². The summed E-state index contributed by atoms with van der Waals surface area (Å²) in [7, 11) is 0. The van der Waals surface area contributed by atoms with Crippen LogP contribution in [0.3, 0.4) is 0 Å². The van der Waals surface area contributed by atoms with Crippen LogP contribution in [0.15, 0.2) is 18.2 Å². The normalized spacial score (nSPS) is 15.2. The molecule has 1 aromatic heterocycles. The number of rotatable bonds is 4. The summed E-state index contributed by atoms with van der Waals surface area (Å²) in [5.74, 6) is 0.500. The zero-order valence-electron chi connectivity index (χ0n) is 9.83. The molecule has 5 heteroatoms. The van der Waals surface area contributed by atoms with Crippen LogP contribution in [-0.2, 0) is 6.54 Å². The average Bonchev–Trinajstić information content (AvgIpc) is 3.13. The Hall–Kier alpha value is -1.88. The number of benzene rings is 1. The fourth-order valence-corrected chi connectivity index (χ4v) is 2.26. The first-order valence-corrected chi connectivity index (χ1v) is 6.05. The summed E-state index contributed by atoms with van der Waals surface area (Å²) in [6.45, 7) is 0.494. The van der Waals surface area contributed by atoms with Crippen LogP contribution >= 0.6 is 0 Å². The minimum atomic E-state index is -0.943. The maximum atomic E-state index is 11.0. The number of carboxylic acids is 1. The lowest BCUT2D eigenvalue weighted by Gasteiger charge is -2.06. The maximum Gasteiger partial charge on any atom is 0.335 e. The summed E-state index contributed by atoms with van der Waals surface area (Å²) in [6, 6.07) is 4.93. The van der Waals surface area contributed by atoms with Crippen molar-refractivity contribution < 1.29 is 15.0 Å². The highest BCUT2D eigenvalue weighted by Crippen LogP contribution is 2.40. The van der Waals surface area contributed by atoms with Gasteiger partial charge in [0.15, 0.2) is 0 Å². The van der Waals surface area contributed by atoms with Crippen molar-refractivity contribution in [3.05, 3.63) is 29.6 Å². The highest BCUT2D eigenvalue weighted by molar-refractivity contribution is 5.92. The molecule has 0 aliphatic heterocycles. The number of aromatic nitrogens is 2. The largest absolute Gasteiger partial charge is 0.478 e. The number of aliphatic hydroxyl groups is 1. The Morgan fingerprint density at radius 3 is 2.83 bits per heavy atom. The van der Waals surface area contributed by atoms with E-state index in [1.54, 1.807) is 18.2 Å². The second-order valence-electron chi connectivity index (χ2n) is 4.63. The van der Waals surface area contributed by atoms with E-state index in [0.717, 1.165) is 29.7 Å². The van der Waals surface area contributed by atoms with E-state index >= 15 is 0 Å². The minimum absolute atomic E-state index is 0.0302. The molecule has 3 rings (SSSR count). The quantitative estimate of drug-likeness (QED) is 0.859. The molecule has 0 amide bonds. The molecule has 1 saturated carbocycles. The Bertz CT molecular complexity index is 614. The predicted molar refractivity (Wildman–Crippen MR) is 65.8 cm³/mol. The van der Waals surface area contributed by atoms with Crippen LogP contribution in [0.25, 0.3) is 11.0 Å². The Morgan fingerprint density at radius 1 is 1.44 bits per heavy atom. The van der Waals surface area contributed by atoms with Crippen molar-refractivity contribution in [3.63, 3.8) is 0 Å². The van der Waals surface area contributed by atoms with Gasteiger partial charge in [-0.05, 0) is 31.0 Å². The van der Waals surface area contributed by atoms with Gasteiger partial charge in [0.05, 0.1) is 23.2 Å². The van der Waals surface area contributed by atoms with Gasteiger partial charge in [0, 0.05) is 12.5 Å². The number of imidazole rings is 1. The molecule has 5 nitrogen and oxygen atoms in total. The van der Waals surface area contributed by atoms with Gasteiger partial charge in [0.1, 0.15) is 5.82 Å². The summed E-state index contributed by atoms with van der Waals surface area (Å²) >= 11 is 0. The molecular weight excluding hydrogens is 232 g/mol. The topological polar surface area (TPSA) is 75.3 Å². The molecule has 0 bridgehead atoms. The van der Waals surface area contributed by atoms with Crippen LogP contribution in [-0.4, -0.2) is 32.3 Å². The first kappa shape index (κ1) is 11.2. The molecular formula is C13H14N2O3. The first-order chi connectivity index (χ1) is 8.70. The Labute approximate surface area is 104 Å². The monoisotopic (exact) mass is 246 g/mol. The van der Waals surface area contributed by atoms with E-state index < -0.39 is 5.97 Å². The highest BCUT2D eigenvalue weighted by atomic mass is 16.4. The number of carboxylic acid groups (broad SMARTS) is 1. The van der Waals surface area contributed by atoms with Gasteiger partial charge < -0.3 is 14.8 Å². The lowest BCUT2D eigenvalue weighted by atomic mass is 10.2. The second kappa shape index (κ2) is 4.10. The standard InChI is InChI=1S/C13H14N2O3/c16-6-5-15-11-7-9(13(17)18)3-4-10(11)14-12(15)8-1-2-8/h3-4,7-8,16H,1-2,5-6H2,(H,17,18). The van der Waals surface area contributed by atoms with Gasteiger partial charge in [-0.2, -0.15) is 0 Å². The number of aliphatic hydroxyl groups excluding tert-OH is 1. The first-order valence-electron chi connectivity index (χ1n) is 6.05. The smallest absolute Gasteiger partial charge is 0.335 e. The molecule has 0 unspecified atom stereocenters. The van der Waals surface area contributed by atoms with E-state index in [4.69, 9.17) is 10.2 Å². The predicted octanol–water partition coefficient (Wildman–Crippen LogP) is 1.60. The fraction of sp³-hybridized carbons (Fsp3) is 0.385. The number of hydrogen-bond acceptors (Lipinski definition) is 3. The van der Waals surface area contributed by atoms with E-state index in [1.807, 2.05) is 4.57 Å². The van der Waals surface area contributed by atoms with Crippen LogP contribution in [0.1, 0.15) is 34.9 Å². The zero-order valence-corrected chi connectivity index (χ0v) is 9.83. The Morgan fingerprint density at radius 2 is 2.22 bits per heavy atom. The van der Waals surface area contributed by atoms with Gasteiger partial charge in [0.25, 0.3) is 0 Å². The third-order valence-corrected chi connectivity index (χ3v) is 3.29. The minimum Gasteiger partial charge on any atom is -0.478 e. The average molecular weight is 246 g/mol. The van der Waals surface area contributed by atoms with Gasteiger partial charge >= 0.3 is 5.97 Å². The molecule has 2 N–H and O–H groups in total. The van der Waals surface area contributed by atoms with Crippen LogP contribution in [0, 0.1) is 0 Å². The van der Waals surface area contributed by atoms with Crippen molar-refractivity contribution in [3.8, 4) is 0 Å². The molecule has 1 aliphatic carbocycles. The van der Waals surface area contributed by atoms with Gasteiger partial charge in [-0.1, -0.05) is 0 Å². The maximum absolute atomic E-state index is 11.0. The van der Waals surface area contributed by atoms with Crippen molar-refractivity contribution >= 4 is 17.0 Å². The van der Waals surface area contributed by atoms with Crippen LogP contribution in [0.4, 0.5) is 0 Å². The fourth-order valence-electron chi connectivity index (χ4n) is 2.26. The molecule has 1 aliphatic rings. The molecule has 2 aromatic rings. The highest BCUT2D eigenvalue weighted by Gasteiger charge is 2.29. The van der Waals surface area contributed by atoms with Gasteiger partial charge in [-0.25, -0.2) is 9.78 Å². The van der Waals surface area contributed by atoms with Gasteiger partial charge in [-0.15, -0.1) is 0 Å². The summed E-state index contributed by atoms with van der Waals surface area (Å²) < 4.78 is 1.94. The summed E-state index contributed by atoms with van der Waals surface area (Å²) in [5.41, 5.74) is 1.85. The van der Waals surface area contributed by atoms with E-state index in [0.29, 0.717) is 12.5 Å². The Kier molecular flexibility index (Phi) is 2.56. The van der Waals surface area contributed by atoms with Crippen molar-refractivity contribution in [1.82, 2.24) is 9.55 Å². The van der Waals surface area contributed by atoms with E-state index in [-0.39, 0.29) is 12.2 Å².